The molecule has 0 unspecified atom stereocenters. The van der Waals surface area contributed by atoms with Crippen LogP contribution in [0, 0.1) is 0 Å². The fraction of sp³-hybridized carbons (Fsp3) is 0.148. The molecule has 182 valence electrons. The first kappa shape index (κ1) is 24.7. The molecule has 3 heterocycles. The number of fused-ring (bicyclic) bond motifs is 1. The fourth-order valence-corrected chi connectivity index (χ4v) is 5.96. The van der Waals surface area contributed by atoms with Crippen molar-refractivity contribution in [1.82, 2.24) is 4.57 Å². The van der Waals surface area contributed by atoms with Crippen LogP contribution in [0.5, 0.6) is 0 Å². The summed E-state index contributed by atoms with van der Waals surface area (Å²) in [5.41, 5.74) is 2.35. The van der Waals surface area contributed by atoms with E-state index in [4.69, 9.17) is 9.15 Å². The van der Waals surface area contributed by atoms with Crippen molar-refractivity contribution in [2.75, 3.05) is 6.61 Å². The third-order valence-corrected chi connectivity index (χ3v) is 7.89. The van der Waals surface area contributed by atoms with E-state index in [1.807, 2.05) is 60.7 Å². The maximum absolute atomic E-state index is 13.7. The Hall–Kier alpha value is -3.01. The molecular weight excluding hydrogens is 608 g/mol. The van der Waals surface area contributed by atoms with E-state index in [2.05, 4.69) is 36.9 Å². The highest BCUT2D eigenvalue weighted by Crippen LogP contribution is 2.33. The molecule has 1 aliphatic heterocycles. The van der Waals surface area contributed by atoms with Gasteiger partial charge in [-0.15, -0.1) is 0 Å². The second-order valence-electron chi connectivity index (χ2n) is 8.04. The van der Waals surface area contributed by atoms with Gasteiger partial charge in [0.1, 0.15) is 11.5 Å². The van der Waals surface area contributed by atoms with Gasteiger partial charge in [0.05, 0.1) is 28.5 Å². The van der Waals surface area contributed by atoms with E-state index in [1.54, 1.807) is 24.5 Å². The molecule has 0 saturated heterocycles. The number of aromatic nitrogens is 1. The van der Waals surface area contributed by atoms with Gasteiger partial charge in [0.15, 0.2) is 4.80 Å². The van der Waals surface area contributed by atoms with E-state index in [-0.39, 0.29) is 12.2 Å². The van der Waals surface area contributed by atoms with Crippen molar-refractivity contribution in [3.05, 3.63) is 112 Å². The largest absolute Gasteiger partial charge is 0.463 e. The number of hydrogen-bond acceptors (Lipinski definition) is 6. The molecule has 0 N–H and O–H groups in total. The second-order valence-corrected chi connectivity index (χ2v) is 10.8. The predicted octanol–water partition coefficient (Wildman–Crippen LogP) is 5.58. The van der Waals surface area contributed by atoms with Crippen molar-refractivity contribution in [2.45, 2.75) is 19.9 Å². The quantitative estimate of drug-likeness (QED) is 0.271. The minimum Gasteiger partial charge on any atom is -0.463 e. The molecule has 0 saturated carbocycles. The first-order valence-corrected chi connectivity index (χ1v) is 13.6. The summed E-state index contributed by atoms with van der Waals surface area (Å²) in [5, 5.41) is 0. The van der Waals surface area contributed by atoms with Crippen molar-refractivity contribution in [3.63, 3.8) is 0 Å². The van der Waals surface area contributed by atoms with Crippen molar-refractivity contribution in [2.24, 2.45) is 4.99 Å². The van der Waals surface area contributed by atoms with Crippen molar-refractivity contribution < 1.29 is 13.9 Å². The summed E-state index contributed by atoms with van der Waals surface area (Å²) in [5.74, 6) is 0.738. The highest BCUT2D eigenvalue weighted by Gasteiger charge is 2.33. The minimum absolute atomic E-state index is 0.233. The predicted molar refractivity (Wildman–Crippen MR) is 146 cm³/mol. The van der Waals surface area contributed by atoms with Crippen LogP contribution in [-0.4, -0.2) is 17.1 Å². The van der Waals surface area contributed by atoms with Crippen molar-refractivity contribution >= 4 is 55.2 Å². The number of ether oxygens (including phenoxy) is 1. The van der Waals surface area contributed by atoms with Crippen LogP contribution in [0.25, 0.3) is 17.4 Å². The molecule has 0 radical (unpaired) electrons. The highest BCUT2D eigenvalue weighted by molar-refractivity contribution is 9.11. The molecular formula is C27H20Br2N2O4S. The van der Waals surface area contributed by atoms with Crippen LogP contribution in [0.3, 0.4) is 0 Å². The average molecular weight is 628 g/mol. The number of benzene rings is 2. The smallest absolute Gasteiger partial charge is 0.338 e. The van der Waals surface area contributed by atoms with Gasteiger partial charge in [-0.2, -0.15) is 0 Å². The van der Waals surface area contributed by atoms with Gasteiger partial charge in [0, 0.05) is 20.6 Å². The third-order valence-electron chi connectivity index (χ3n) is 5.73. The molecule has 5 rings (SSSR count). The summed E-state index contributed by atoms with van der Waals surface area (Å²) in [6.07, 6.45) is 1.71. The lowest BCUT2D eigenvalue weighted by atomic mass is 9.96. The van der Waals surface area contributed by atoms with Gasteiger partial charge in [-0.05, 0) is 49.7 Å². The zero-order chi connectivity index (χ0) is 25.4. The number of carbonyl (C=O) groups is 1. The van der Waals surface area contributed by atoms with Gasteiger partial charge in [0.25, 0.3) is 5.56 Å². The molecule has 0 amide bonds. The van der Waals surface area contributed by atoms with Crippen LogP contribution < -0.4 is 14.9 Å². The lowest BCUT2D eigenvalue weighted by Gasteiger charge is -2.24. The Kier molecular flexibility index (Phi) is 6.96. The standard InChI is InChI=1S/C27H20Br2N2O4S/c1-3-34-26(33)23-15(2)30-27-31(24(23)16-7-5-4-6-8-16)25(32)22(36-27)14-18-10-12-21(35-18)19-13-17(28)9-11-20(19)29/h4-14,24H,3H2,1-2H3/b22-14+/t24-/m1/s1. The molecule has 4 aromatic rings. The fourth-order valence-electron chi connectivity index (χ4n) is 4.13. The Balaban J connectivity index is 1.64. The van der Waals surface area contributed by atoms with Crippen LogP contribution in [0.4, 0.5) is 0 Å². The Morgan fingerprint density at radius 3 is 2.69 bits per heavy atom. The zero-order valence-electron chi connectivity index (χ0n) is 19.3. The Morgan fingerprint density at radius 2 is 1.94 bits per heavy atom. The number of hydrogen-bond donors (Lipinski definition) is 0. The van der Waals surface area contributed by atoms with Gasteiger partial charge in [-0.1, -0.05) is 73.5 Å². The molecule has 2 aromatic carbocycles. The molecule has 0 spiro atoms. The molecule has 1 aliphatic rings. The number of allylic oxidation sites excluding steroid dienone is 1. The molecule has 9 heteroatoms. The van der Waals surface area contributed by atoms with E-state index in [0.717, 1.165) is 20.1 Å². The summed E-state index contributed by atoms with van der Waals surface area (Å²) >= 11 is 8.31. The van der Waals surface area contributed by atoms with Gasteiger partial charge >= 0.3 is 5.97 Å². The first-order chi connectivity index (χ1) is 17.4. The van der Waals surface area contributed by atoms with E-state index in [1.165, 1.54) is 11.3 Å². The number of furan rings is 1. The summed E-state index contributed by atoms with van der Waals surface area (Å²) in [7, 11) is 0. The van der Waals surface area contributed by atoms with E-state index in [9.17, 15) is 9.59 Å². The lowest BCUT2D eigenvalue weighted by molar-refractivity contribution is -0.139. The van der Waals surface area contributed by atoms with Gasteiger partial charge in [-0.3, -0.25) is 9.36 Å². The van der Waals surface area contributed by atoms with Crippen LogP contribution in [0.2, 0.25) is 0 Å². The Morgan fingerprint density at radius 1 is 1.17 bits per heavy atom. The molecule has 0 bridgehead atoms. The Bertz CT molecular complexity index is 1680. The summed E-state index contributed by atoms with van der Waals surface area (Å²) in [4.78, 5) is 31.7. The number of esters is 1. The summed E-state index contributed by atoms with van der Waals surface area (Å²) < 4.78 is 15.2. The molecule has 0 aliphatic carbocycles. The first-order valence-electron chi connectivity index (χ1n) is 11.2. The normalized spacial score (nSPS) is 15.6. The van der Waals surface area contributed by atoms with Crippen molar-refractivity contribution in [3.8, 4) is 11.3 Å². The van der Waals surface area contributed by atoms with Crippen LogP contribution in [0.15, 0.2) is 95.1 Å². The van der Waals surface area contributed by atoms with Gasteiger partial charge in [0.2, 0.25) is 0 Å². The number of rotatable bonds is 5. The number of halogens is 2. The van der Waals surface area contributed by atoms with E-state index in [0.29, 0.717) is 32.1 Å². The molecule has 2 aromatic heterocycles. The number of carbonyl (C=O) groups excluding carboxylic acids is 1. The number of nitrogens with zero attached hydrogens (tertiary/aromatic N) is 2. The zero-order valence-corrected chi connectivity index (χ0v) is 23.3. The summed E-state index contributed by atoms with van der Waals surface area (Å²) in [6, 6.07) is 18.3. The van der Waals surface area contributed by atoms with Gasteiger partial charge in [-0.25, -0.2) is 9.79 Å². The second kappa shape index (κ2) is 10.2. The SMILES string of the molecule is CCOC(=O)C1=C(C)N=c2s/c(=C/c3ccc(-c4cc(Br)ccc4Br)o3)c(=O)n2[C@@H]1c1ccccc1. The molecule has 1 atom stereocenters. The van der Waals surface area contributed by atoms with Crippen LogP contribution in [-0.2, 0) is 9.53 Å². The number of thiazole rings is 1. The monoisotopic (exact) mass is 626 g/mol. The van der Waals surface area contributed by atoms with Gasteiger partial charge < -0.3 is 9.15 Å². The van der Waals surface area contributed by atoms with E-state index < -0.39 is 12.0 Å². The van der Waals surface area contributed by atoms with Crippen molar-refractivity contribution in [1.29, 1.82) is 0 Å². The average Bonchev–Trinajstić information content (AvgIpc) is 3.45. The lowest BCUT2D eigenvalue weighted by Crippen LogP contribution is -2.39. The third kappa shape index (κ3) is 4.58. The molecule has 36 heavy (non-hydrogen) atoms. The topological polar surface area (TPSA) is 73.8 Å². The highest BCUT2D eigenvalue weighted by atomic mass is 79.9. The van der Waals surface area contributed by atoms with Crippen LogP contribution >= 0.6 is 43.2 Å². The molecule has 6 nitrogen and oxygen atoms in total. The molecule has 0 fully saturated rings. The Labute approximate surface area is 227 Å². The summed E-state index contributed by atoms with van der Waals surface area (Å²) in [6.45, 7) is 3.76. The van der Waals surface area contributed by atoms with E-state index >= 15 is 0 Å². The van der Waals surface area contributed by atoms with Crippen LogP contribution in [0.1, 0.15) is 31.2 Å². The minimum atomic E-state index is -0.631. The maximum Gasteiger partial charge on any atom is 0.338 e. The maximum atomic E-state index is 13.7.